The van der Waals surface area contributed by atoms with Crippen molar-refractivity contribution in [1.29, 1.82) is 0 Å². The summed E-state index contributed by atoms with van der Waals surface area (Å²) in [6, 6.07) is 4.71. The molecule has 1 N–H and O–H groups in total. The van der Waals surface area contributed by atoms with Gasteiger partial charge in [0, 0.05) is 30.4 Å². The lowest BCUT2D eigenvalue weighted by Crippen LogP contribution is -2.50. The molecular weight excluding hydrogens is 495 g/mol. The van der Waals surface area contributed by atoms with Crippen LogP contribution in [-0.2, 0) is 11.0 Å². The predicted octanol–water partition coefficient (Wildman–Crippen LogP) is 7.00. The summed E-state index contributed by atoms with van der Waals surface area (Å²) in [5.74, 6) is 3.20. The van der Waals surface area contributed by atoms with Gasteiger partial charge in [0.1, 0.15) is 0 Å². The summed E-state index contributed by atoms with van der Waals surface area (Å²) in [6.07, 6.45) is 5.93. The molecule has 4 aliphatic carbocycles. The molecule has 0 radical (unpaired) electrons. The number of thioether (sulfide) groups is 1. The van der Waals surface area contributed by atoms with Gasteiger partial charge in [-0.2, -0.15) is 13.2 Å². The first-order valence-electron chi connectivity index (χ1n) is 12.7. The molecule has 1 heterocycles. The Morgan fingerprint density at radius 1 is 1.11 bits per heavy atom. The van der Waals surface area contributed by atoms with Crippen LogP contribution in [0.5, 0.6) is 0 Å². The molecule has 194 valence electrons. The van der Waals surface area contributed by atoms with E-state index in [2.05, 4.69) is 17.1 Å². The average molecular weight is 530 g/mol. The Morgan fingerprint density at radius 3 is 2.26 bits per heavy atom. The summed E-state index contributed by atoms with van der Waals surface area (Å²) in [7, 11) is 0. The van der Waals surface area contributed by atoms with Gasteiger partial charge in [0.15, 0.2) is 5.17 Å². The van der Waals surface area contributed by atoms with Crippen molar-refractivity contribution in [3.8, 4) is 0 Å². The number of halogens is 4. The molecule has 4 saturated carbocycles. The monoisotopic (exact) mass is 529 g/mol. The van der Waals surface area contributed by atoms with Crippen LogP contribution in [-0.4, -0.2) is 39.9 Å². The first kappa shape index (κ1) is 26.6. The van der Waals surface area contributed by atoms with Gasteiger partial charge in [0.2, 0.25) is 5.91 Å². The van der Waals surface area contributed by atoms with E-state index in [0.717, 1.165) is 60.2 Å². The maximum atomic E-state index is 12.8. The maximum absolute atomic E-state index is 12.8. The molecule has 1 saturated heterocycles. The average Bonchev–Trinajstić information content (AvgIpc) is 3.11. The van der Waals surface area contributed by atoms with E-state index in [-0.39, 0.29) is 29.9 Å². The lowest BCUT2D eigenvalue weighted by atomic mass is 9.53. The third-order valence-electron chi connectivity index (χ3n) is 8.10. The van der Waals surface area contributed by atoms with E-state index < -0.39 is 11.7 Å². The van der Waals surface area contributed by atoms with Crippen LogP contribution >= 0.6 is 24.2 Å². The Bertz CT molecular complexity index is 901. The maximum Gasteiger partial charge on any atom is 0.416 e. The molecule has 9 heteroatoms. The van der Waals surface area contributed by atoms with Gasteiger partial charge in [-0.05, 0) is 87.0 Å². The Balaban J connectivity index is 0.00000289. The SMILES string of the molecule is CCCCN1C(=NC23CC4CC(CC(C4)C2)C3)SCC1CC(=O)Nc1ccc(C(F)(F)F)cc1.Cl. The quantitative estimate of drug-likeness (QED) is 0.413. The summed E-state index contributed by atoms with van der Waals surface area (Å²) >= 11 is 1.78. The standard InChI is InChI=1S/C26H34F3N3OS.ClH/c1-2-3-8-32-22(12-23(33)30-21-6-4-20(5-7-21)26(27,28)29)16-34-24(32)31-25-13-17-9-18(14-25)11-19(10-17)15-25;/h4-7,17-19,22H,2-3,8-16H2,1H3,(H,30,33);1H. The number of nitrogens with zero attached hydrogens (tertiary/aromatic N) is 2. The molecule has 1 amide bonds. The van der Waals surface area contributed by atoms with Crippen LogP contribution in [0.3, 0.4) is 0 Å². The van der Waals surface area contributed by atoms with E-state index in [4.69, 9.17) is 4.99 Å². The lowest BCUT2D eigenvalue weighted by molar-refractivity contribution is -0.137. The zero-order chi connectivity index (χ0) is 23.9. The summed E-state index contributed by atoms with van der Waals surface area (Å²) in [5, 5.41) is 3.90. The van der Waals surface area contributed by atoms with Gasteiger partial charge >= 0.3 is 6.18 Å². The van der Waals surface area contributed by atoms with Crippen molar-refractivity contribution in [3.05, 3.63) is 29.8 Å². The third kappa shape index (κ3) is 5.95. The van der Waals surface area contributed by atoms with Crippen LogP contribution < -0.4 is 5.32 Å². The Hall–Kier alpha value is -1.41. The van der Waals surface area contributed by atoms with Crippen LogP contribution in [0.4, 0.5) is 18.9 Å². The number of aliphatic imine (C=N–C) groups is 1. The Morgan fingerprint density at radius 2 is 1.71 bits per heavy atom. The van der Waals surface area contributed by atoms with Crippen molar-refractivity contribution in [2.75, 3.05) is 17.6 Å². The molecule has 35 heavy (non-hydrogen) atoms. The number of amidine groups is 1. The molecule has 1 aromatic carbocycles. The van der Waals surface area contributed by atoms with Gasteiger partial charge in [0.25, 0.3) is 0 Å². The highest BCUT2D eigenvalue weighted by molar-refractivity contribution is 8.14. The number of rotatable bonds is 7. The zero-order valence-electron chi connectivity index (χ0n) is 20.2. The minimum atomic E-state index is -4.38. The number of unbranched alkanes of at least 4 members (excludes halogenated alkanes) is 1. The van der Waals surface area contributed by atoms with Crippen LogP contribution in [0.15, 0.2) is 29.3 Å². The number of benzene rings is 1. The summed E-state index contributed by atoms with van der Waals surface area (Å²) in [5.41, 5.74) is -0.209. The second kappa shape index (κ2) is 10.5. The highest BCUT2D eigenvalue weighted by atomic mass is 35.5. The molecule has 1 atom stereocenters. The number of hydrogen-bond donors (Lipinski definition) is 1. The molecule has 0 spiro atoms. The third-order valence-corrected chi connectivity index (χ3v) is 9.24. The van der Waals surface area contributed by atoms with Crippen molar-refractivity contribution in [2.45, 2.75) is 82.5 Å². The number of hydrogen-bond acceptors (Lipinski definition) is 3. The van der Waals surface area contributed by atoms with Gasteiger partial charge in [-0.25, -0.2) is 0 Å². The van der Waals surface area contributed by atoms with Crippen LogP contribution in [0.1, 0.15) is 70.3 Å². The molecule has 4 nitrogen and oxygen atoms in total. The molecule has 5 fully saturated rings. The van der Waals surface area contributed by atoms with Gasteiger partial charge in [-0.15, -0.1) is 12.4 Å². The highest BCUT2D eigenvalue weighted by Crippen LogP contribution is 2.57. The van der Waals surface area contributed by atoms with Crippen molar-refractivity contribution in [2.24, 2.45) is 22.7 Å². The number of amides is 1. The molecule has 1 aromatic rings. The number of carbonyl (C=O) groups excluding carboxylic acids is 1. The molecule has 0 aromatic heterocycles. The number of alkyl halides is 3. The molecule has 5 aliphatic rings. The van der Waals surface area contributed by atoms with Crippen molar-refractivity contribution in [1.82, 2.24) is 4.90 Å². The minimum Gasteiger partial charge on any atom is -0.347 e. The summed E-state index contributed by atoms with van der Waals surface area (Å²) in [6.45, 7) is 3.07. The van der Waals surface area contributed by atoms with E-state index in [9.17, 15) is 18.0 Å². The lowest BCUT2D eigenvalue weighted by Gasteiger charge is -2.55. The van der Waals surface area contributed by atoms with Gasteiger partial charge in [-0.3, -0.25) is 9.79 Å². The van der Waals surface area contributed by atoms with Crippen LogP contribution in [0.25, 0.3) is 0 Å². The first-order valence-corrected chi connectivity index (χ1v) is 13.7. The molecule has 1 unspecified atom stereocenters. The number of carbonyl (C=O) groups is 1. The van der Waals surface area contributed by atoms with E-state index >= 15 is 0 Å². The highest BCUT2D eigenvalue weighted by Gasteiger charge is 2.51. The number of nitrogens with one attached hydrogen (secondary N) is 1. The van der Waals surface area contributed by atoms with Crippen LogP contribution in [0.2, 0.25) is 0 Å². The Kier molecular flexibility index (Phi) is 8.01. The fourth-order valence-corrected chi connectivity index (χ4v) is 8.25. The number of anilines is 1. The fraction of sp³-hybridized carbons (Fsp3) is 0.692. The largest absolute Gasteiger partial charge is 0.416 e. The Labute approximate surface area is 216 Å². The van der Waals surface area contributed by atoms with Gasteiger partial charge < -0.3 is 10.2 Å². The van der Waals surface area contributed by atoms with Crippen molar-refractivity contribution in [3.63, 3.8) is 0 Å². The molecule has 4 bridgehead atoms. The van der Waals surface area contributed by atoms with E-state index in [1.807, 2.05) is 0 Å². The van der Waals surface area contributed by atoms with Crippen molar-refractivity contribution < 1.29 is 18.0 Å². The molecule has 6 rings (SSSR count). The molecule has 1 aliphatic heterocycles. The predicted molar refractivity (Wildman–Crippen MR) is 138 cm³/mol. The van der Waals surface area contributed by atoms with Gasteiger partial charge in [-0.1, -0.05) is 25.1 Å². The normalized spacial score (nSPS) is 32.7. The fourth-order valence-electron chi connectivity index (χ4n) is 6.95. The second-order valence-electron chi connectivity index (χ2n) is 10.9. The smallest absolute Gasteiger partial charge is 0.347 e. The van der Waals surface area contributed by atoms with E-state index in [1.54, 1.807) is 11.8 Å². The van der Waals surface area contributed by atoms with Crippen molar-refractivity contribution >= 4 is 40.9 Å². The summed E-state index contributed by atoms with van der Waals surface area (Å²) in [4.78, 5) is 20.6. The zero-order valence-corrected chi connectivity index (χ0v) is 21.8. The first-order chi connectivity index (χ1) is 16.2. The second-order valence-corrected chi connectivity index (χ2v) is 11.9. The summed E-state index contributed by atoms with van der Waals surface area (Å²) < 4.78 is 38.4. The minimum absolute atomic E-state index is 0. The van der Waals surface area contributed by atoms with Gasteiger partial charge in [0.05, 0.1) is 11.1 Å². The van der Waals surface area contributed by atoms with E-state index in [1.165, 1.54) is 50.7 Å². The molecular formula is C26H35ClF3N3OS. The topological polar surface area (TPSA) is 44.7 Å². The van der Waals surface area contributed by atoms with E-state index in [0.29, 0.717) is 12.1 Å². The van der Waals surface area contributed by atoms with Crippen LogP contribution in [0, 0.1) is 17.8 Å².